The van der Waals surface area contributed by atoms with Gasteiger partial charge >= 0.3 is 5.97 Å². The van der Waals surface area contributed by atoms with Crippen LogP contribution < -0.4 is 5.32 Å². The minimum Gasteiger partial charge on any atom is -0.481 e. The molecule has 1 aliphatic carbocycles. The molecule has 0 bridgehead atoms. The van der Waals surface area contributed by atoms with Crippen LogP contribution in [0.2, 0.25) is 4.34 Å². The smallest absolute Gasteiger partial charge is 0.306 e. The highest BCUT2D eigenvalue weighted by molar-refractivity contribution is 7.16. The summed E-state index contributed by atoms with van der Waals surface area (Å²) < 4.78 is 0.668. The summed E-state index contributed by atoms with van der Waals surface area (Å²) in [6.07, 6.45) is 1.90. The molecule has 1 unspecified atom stereocenters. The molecule has 1 heterocycles. The van der Waals surface area contributed by atoms with Crippen LogP contribution in [0.5, 0.6) is 0 Å². The predicted octanol–water partition coefficient (Wildman–Crippen LogP) is 2.87. The second-order valence-corrected chi connectivity index (χ2v) is 6.66. The van der Waals surface area contributed by atoms with Gasteiger partial charge in [-0.1, -0.05) is 11.6 Å². The summed E-state index contributed by atoms with van der Waals surface area (Å²) in [5.41, 5.74) is 0. The molecule has 2 rings (SSSR count). The number of hydrogen-bond donors (Lipinski definition) is 2. The molecule has 4 nitrogen and oxygen atoms in total. The van der Waals surface area contributed by atoms with Crippen LogP contribution in [0.1, 0.15) is 37.0 Å². The third-order valence-electron chi connectivity index (χ3n) is 3.54. The largest absolute Gasteiger partial charge is 0.481 e. The van der Waals surface area contributed by atoms with Gasteiger partial charge in [0.2, 0.25) is 5.91 Å². The summed E-state index contributed by atoms with van der Waals surface area (Å²) in [6.45, 7) is 1.83. The van der Waals surface area contributed by atoms with Gasteiger partial charge in [-0.05, 0) is 38.3 Å². The van der Waals surface area contributed by atoms with Crippen LogP contribution in [-0.4, -0.2) is 23.0 Å². The van der Waals surface area contributed by atoms with Crippen LogP contribution in [-0.2, 0) is 9.59 Å². The summed E-state index contributed by atoms with van der Waals surface area (Å²) >= 11 is 7.25. The Labute approximate surface area is 120 Å². The van der Waals surface area contributed by atoms with E-state index < -0.39 is 5.97 Å². The Balaban J connectivity index is 1.89. The topological polar surface area (TPSA) is 66.4 Å². The van der Waals surface area contributed by atoms with Crippen LogP contribution >= 0.6 is 22.9 Å². The number of halogens is 1. The van der Waals surface area contributed by atoms with Gasteiger partial charge in [0.15, 0.2) is 0 Å². The Morgan fingerprint density at radius 1 is 1.47 bits per heavy atom. The minimum atomic E-state index is -0.769. The van der Waals surface area contributed by atoms with E-state index in [0.29, 0.717) is 17.2 Å². The number of amides is 1. The third-order valence-corrected chi connectivity index (χ3v) is 4.96. The first kappa shape index (κ1) is 14.3. The van der Waals surface area contributed by atoms with Gasteiger partial charge in [0, 0.05) is 10.9 Å². The second kappa shape index (κ2) is 5.92. The lowest BCUT2D eigenvalue weighted by molar-refractivity contribution is -0.141. The number of nitrogens with one attached hydrogen (secondary N) is 1. The summed E-state index contributed by atoms with van der Waals surface area (Å²) in [5, 5.41) is 11.9. The van der Waals surface area contributed by atoms with Crippen molar-refractivity contribution in [3.05, 3.63) is 21.3 Å². The molecule has 1 aliphatic rings. The predicted molar refractivity (Wildman–Crippen MR) is 74.7 cm³/mol. The summed E-state index contributed by atoms with van der Waals surface area (Å²) in [6, 6.07) is 3.61. The van der Waals surface area contributed by atoms with Gasteiger partial charge in [-0.2, -0.15) is 0 Å². The Kier molecular flexibility index (Phi) is 4.47. The molecule has 6 heteroatoms. The fourth-order valence-electron chi connectivity index (χ4n) is 2.35. The number of carboxylic acid groups (broad SMARTS) is 1. The summed E-state index contributed by atoms with van der Waals surface area (Å²) in [7, 11) is 0. The van der Waals surface area contributed by atoms with Gasteiger partial charge in [0.1, 0.15) is 0 Å². The molecule has 1 fully saturated rings. The molecular weight excluding hydrogens is 286 g/mol. The molecule has 0 aliphatic heterocycles. The molecule has 2 N–H and O–H groups in total. The first-order chi connectivity index (χ1) is 8.97. The third kappa shape index (κ3) is 3.48. The highest BCUT2D eigenvalue weighted by atomic mass is 35.5. The Hall–Kier alpha value is -1.07. The Morgan fingerprint density at radius 2 is 2.21 bits per heavy atom. The van der Waals surface area contributed by atoms with Crippen molar-refractivity contribution in [1.82, 2.24) is 5.32 Å². The van der Waals surface area contributed by atoms with Gasteiger partial charge in [0.25, 0.3) is 0 Å². The average molecular weight is 302 g/mol. The van der Waals surface area contributed by atoms with E-state index in [4.69, 9.17) is 16.7 Å². The molecule has 0 saturated heterocycles. The first-order valence-electron chi connectivity index (χ1n) is 6.25. The van der Waals surface area contributed by atoms with E-state index in [-0.39, 0.29) is 23.8 Å². The van der Waals surface area contributed by atoms with Crippen LogP contribution in [0.4, 0.5) is 0 Å². The molecule has 1 aromatic rings. The van der Waals surface area contributed by atoms with E-state index in [2.05, 4.69) is 5.32 Å². The zero-order valence-corrected chi connectivity index (χ0v) is 12.1. The zero-order chi connectivity index (χ0) is 14.0. The van der Waals surface area contributed by atoms with E-state index >= 15 is 0 Å². The SMILES string of the molecule is CC(C(=O)N[C@H]1CC[C@@H](C(=O)O)C1)c1ccc(Cl)s1. The van der Waals surface area contributed by atoms with Gasteiger partial charge < -0.3 is 10.4 Å². The van der Waals surface area contributed by atoms with Crippen LogP contribution in [0.15, 0.2) is 12.1 Å². The number of hydrogen-bond acceptors (Lipinski definition) is 3. The molecule has 0 spiro atoms. The Bertz CT molecular complexity index is 488. The van der Waals surface area contributed by atoms with E-state index in [1.54, 1.807) is 6.07 Å². The van der Waals surface area contributed by atoms with Gasteiger partial charge in [-0.25, -0.2) is 0 Å². The molecular formula is C13H16ClNO3S. The number of carboxylic acids is 1. The second-order valence-electron chi connectivity index (χ2n) is 4.92. The highest BCUT2D eigenvalue weighted by Gasteiger charge is 2.31. The summed E-state index contributed by atoms with van der Waals surface area (Å²) in [4.78, 5) is 23.9. The van der Waals surface area contributed by atoms with Crippen LogP contribution in [0.25, 0.3) is 0 Å². The molecule has 0 aromatic carbocycles. The van der Waals surface area contributed by atoms with Crippen molar-refractivity contribution in [1.29, 1.82) is 0 Å². The van der Waals surface area contributed by atoms with Crippen molar-refractivity contribution >= 4 is 34.8 Å². The lowest BCUT2D eigenvalue weighted by Gasteiger charge is -2.16. The van der Waals surface area contributed by atoms with Gasteiger partial charge in [-0.3, -0.25) is 9.59 Å². The van der Waals surface area contributed by atoms with Crippen LogP contribution in [0, 0.1) is 5.92 Å². The monoisotopic (exact) mass is 301 g/mol. The highest BCUT2D eigenvalue weighted by Crippen LogP contribution is 2.30. The van der Waals surface area contributed by atoms with Crippen molar-refractivity contribution < 1.29 is 14.7 Å². The van der Waals surface area contributed by atoms with Crippen molar-refractivity contribution in [2.45, 2.75) is 38.1 Å². The lowest BCUT2D eigenvalue weighted by atomic mass is 10.1. The maximum absolute atomic E-state index is 12.1. The molecule has 1 saturated carbocycles. The van der Waals surface area contributed by atoms with E-state index in [9.17, 15) is 9.59 Å². The quantitative estimate of drug-likeness (QED) is 0.898. The maximum Gasteiger partial charge on any atom is 0.306 e. The molecule has 3 atom stereocenters. The van der Waals surface area contributed by atoms with E-state index in [1.165, 1.54) is 11.3 Å². The number of thiophene rings is 1. The fraction of sp³-hybridized carbons (Fsp3) is 0.538. The molecule has 0 radical (unpaired) electrons. The van der Waals surface area contributed by atoms with Crippen molar-refractivity contribution in [2.24, 2.45) is 5.92 Å². The maximum atomic E-state index is 12.1. The van der Waals surface area contributed by atoms with E-state index in [0.717, 1.165) is 11.3 Å². The molecule has 1 amide bonds. The number of carbonyl (C=O) groups excluding carboxylic acids is 1. The Morgan fingerprint density at radius 3 is 2.74 bits per heavy atom. The van der Waals surface area contributed by atoms with Crippen LogP contribution in [0.3, 0.4) is 0 Å². The lowest BCUT2D eigenvalue weighted by Crippen LogP contribution is -2.36. The van der Waals surface area contributed by atoms with Crippen molar-refractivity contribution in [3.8, 4) is 0 Å². The average Bonchev–Trinajstić information content (AvgIpc) is 2.97. The number of carbonyl (C=O) groups is 2. The van der Waals surface area contributed by atoms with Gasteiger partial charge in [0.05, 0.1) is 16.2 Å². The summed E-state index contributed by atoms with van der Waals surface area (Å²) in [5.74, 6) is -1.40. The molecule has 1 aromatic heterocycles. The fourth-order valence-corrected chi connectivity index (χ4v) is 3.46. The van der Waals surface area contributed by atoms with Gasteiger partial charge in [-0.15, -0.1) is 11.3 Å². The van der Waals surface area contributed by atoms with E-state index in [1.807, 2.05) is 13.0 Å². The standard InChI is InChI=1S/C13H16ClNO3S/c1-7(10-4-5-11(14)19-10)12(16)15-9-3-2-8(6-9)13(17)18/h4-5,7-9H,2-3,6H2,1H3,(H,15,16)(H,17,18)/t7?,8-,9+/m1/s1. The number of rotatable bonds is 4. The normalized spacial score (nSPS) is 24.1. The first-order valence-corrected chi connectivity index (χ1v) is 7.45. The molecule has 104 valence electrons. The van der Waals surface area contributed by atoms with Crippen molar-refractivity contribution in [3.63, 3.8) is 0 Å². The van der Waals surface area contributed by atoms with Crippen molar-refractivity contribution in [2.75, 3.05) is 0 Å². The zero-order valence-electron chi connectivity index (χ0n) is 10.6. The molecule has 19 heavy (non-hydrogen) atoms. The minimum absolute atomic E-state index is 0.0218. The number of aliphatic carboxylic acids is 1.